The largest absolute Gasteiger partial charge is 0.380 e. The van der Waals surface area contributed by atoms with Gasteiger partial charge in [0, 0.05) is 19.1 Å². The lowest BCUT2D eigenvalue weighted by Crippen LogP contribution is -2.26. The zero-order valence-corrected chi connectivity index (χ0v) is 8.10. The van der Waals surface area contributed by atoms with Crippen molar-refractivity contribution >= 4 is 0 Å². The average molecular weight is 169 g/mol. The fraction of sp³-hybridized carbons (Fsp3) is 0.800. The maximum Gasteiger partial charge on any atom is 0.0617 e. The van der Waals surface area contributed by atoms with Crippen LogP contribution in [0.1, 0.15) is 33.1 Å². The Hall–Kier alpha value is -0.520. The minimum atomic E-state index is 0.150. The summed E-state index contributed by atoms with van der Waals surface area (Å²) in [4.78, 5) is 0. The molecule has 0 heterocycles. The van der Waals surface area contributed by atoms with Crippen molar-refractivity contribution in [3.63, 3.8) is 0 Å². The Morgan fingerprint density at radius 1 is 1.50 bits per heavy atom. The Balaban J connectivity index is 3.19. The van der Waals surface area contributed by atoms with E-state index in [4.69, 9.17) is 10.5 Å². The highest BCUT2D eigenvalue weighted by Gasteiger charge is 1.99. The van der Waals surface area contributed by atoms with Crippen LogP contribution in [0.15, 0.2) is 0 Å². The molecule has 0 saturated heterocycles. The van der Waals surface area contributed by atoms with Crippen LogP contribution >= 0.6 is 0 Å². The van der Waals surface area contributed by atoms with Crippen molar-refractivity contribution in [1.82, 2.24) is 0 Å². The summed E-state index contributed by atoms with van der Waals surface area (Å²) in [7, 11) is 0. The van der Waals surface area contributed by atoms with Gasteiger partial charge in [0.25, 0.3) is 0 Å². The normalized spacial score (nSPS) is 11.9. The Labute approximate surface area is 75.5 Å². The zero-order valence-electron chi connectivity index (χ0n) is 8.10. The van der Waals surface area contributed by atoms with Gasteiger partial charge in [-0.15, -0.1) is 11.8 Å². The van der Waals surface area contributed by atoms with Gasteiger partial charge in [0.05, 0.1) is 6.61 Å². The summed E-state index contributed by atoms with van der Waals surface area (Å²) in [5.41, 5.74) is 5.76. The molecule has 0 radical (unpaired) electrons. The van der Waals surface area contributed by atoms with Gasteiger partial charge in [0.1, 0.15) is 0 Å². The number of hydrogen-bond acceptors (Lipinski definition) is 2. The van der Waals surface area contributed by atoms with Crippen molar-refractivity contribution in [3.8, 4) is 11.8 Å². The Bertz CT molecular complexity index is 146. The highest BCUT2D eigenvalue weighted by atomic mass is 16.5. The first-order valence-electron chi connectivity index (χ1n) is 4.54. The SMILES string of the molecule is CC#CCCC(N)COCCC. The van der Waals surface area contributed by atoms with Gasteiger partial charge < -0.3 is 10.5 Å². The maximum absolute atomic E-state index is 5.76. The van der Waals surface area contributed by atoms with E-state index in [1.54, 1.807) is 0 Å². The second-order valence-corrected chi connectivity index (χ2v) is 2.80. The first-order chi connectivity index (χ1) is 5.81. The molecule has 0 rings (SSSR count). The van der Waals surface area contributed by atoms with E-state index in [0.29, 0.717) is 6.61 Å². The van der Waals surface area contributed by atoms with E-state index in [2.05, 4.69) is 18.8 Å². The number of ether oxygens (including phenoxy) is 1. The van der Waals surface area contributed by atoms with Gasteiger partial charge in [-0.1, -0.05) is 6.92 Å². The van der Waals surface area contributed by atoms with Gasteiger partial charge in [-0.25, -0.2) is 0 Å². The summed E-state index contributed by atoms with van der Waals surface area (Å²) >= 11 is 0. The summed E-state index contributed by atoms with van der Waals surface area (Å²) in [5.74, 6) is 5.83. The van der Waals surface area contributed by atoms with Crippen LogP contribution in [0.2, 0.25) is 0 Å². The van der Waals surface area contributed by atoms with Crippen LogP contribution in [0.3, 0.4) is 0 Å². The molecule has 12 heavy (non-hydrogen) atoms. The third-order valence-corrected chi connectivity index (χ3v) is 1.50. The predicted molar refractivity (Wildman–Crippen MR) is 51.8 cm³/mol. The van der Waals surface area contributed by atoms with Crippen LogP contribution in [0, 0.1) is 11.8 Å². The molecule has 0 aliphatic rings. The van der Waals surface area contributed by atoms with Crippen LogP contribution in [-0.2, 0) is 4.74 Å². The van der Waals surface area contributed by atoms with E-state index < -0.39 is 0 Å². The molecule has 0 spiro atoms. The summed E-state index contributed by atoms with van der Waals surface area (Å²) < 4.78 is 5.30. The predicted octanol–water partition coefficient (Wildman–Crippen LogP) is 1.54. The summed E-state index contributed by atoms with van der Waals surface area (Å²) in [6, 6.07) is 0.150. The standard InChI is InChI=1S/C10H19NO/c1-3-5-6-7-10(11)9-12-8-4-2/h10H,4,6-9,11H2,1-2H3. The topological polar surface area (TPSA) is 35.2 Å². The first-order valence-corrected chi connectivity index (χ1v) is 4.54. The van der Waals surface area contributed by atoms with E-state index in [1.165, 1.54) is 0 Å². The van der Waals surface area contributed by atoms with Crippen LogP contribution in [0.25, 0.3) is 0 Å². The van der Waals surface area contributed by atoms with Crippen LogP contribution < -0.4 is 5.73 Å². The molecule has 2 heteroatoms. The lowest BCUT2D eigenvalue weighted by molar-refractivity contribution is 0.119. The van der Waals surface area contributed by atoms with Crippen molar-refractivity contribution in [2.75, 3.05) is 13.2 Å². The number of rotatable bonds is 6. The van der Waals surface area contributed by atoms with Gasteiger partial charge in [0.2, 0.25) is 0 Å². The number of hydrogen-bond donors (Lipinski definition) is 1. The van der Waals surface area contributed by atoms with Gasteiger partial charge in [-0.3, -0.25) is 0 Å². The van der Waals surface area contributed by atoms with Gasteiger partial charge >= 0.3 is 0 Å². The fourth-order valence-electron chi connectivity index (χ4n) is 0.845. The average Bonchev–Trinajstić information content (AvgIpc) is 2.06. The molecule has 1 atom stereocenters. The third-order valence-electron chi connectivity index (χ3n) is 1.50. The molecule has 0 amide bonds. The molecule has 0 aromatic heterocycles. The van der Waals surface area contributed by atoms with Crippen molar-refractivity contribution in [2.24, 2.45) is 5.73 Å². The lowest BCUT2D eigenvalue weighted by atomic mass is 10.2. The van der Waals surface area contributed by atoms with Crippen LogP contribution in [-0.4, -0.2) is 19.3 Å². The van der Waals surface area contributed by atoms with Crippen molar-refractivity contribution in [2.45, 2.75) is 39.2 Å². The molecular weight excluding hydrogens is 150 g/mol. The Morgan fingerprint density at radius 2 is 2.25 bits per heavy atom. The molecule has 70 valence electrons. The van der Waals surface area contributed by atoms with E-state index in [9.17, 15) is 0 Å². The van der Waals surface area contributed by atoms with Crippen molar-refractivity contribution < 1.29 is 4.74 Å². The summed E-state index contributed by atoms with van der Waals surface area (Å²) in [6.45, 7) is 5.42. The second kappa shape index (κ2) is 8.58. The first kappa shape index (κ1) is 11.5. The second-order valence-electron chi connectivity index (χ2n) is 2.80. The summed E-state index contributed by atoms with van der Waals surface area (Å²) in [6.07, 6.45) is 2.87. The molecule has 0 fully saturated rings. The highest BCUT2D eigenvalue weighted by molar-refractivity contribution is 4.95. The van der Waals surface area contributed by atoms with E-state index in [0.717, 1.165) is 25.9 Å². The molecule has 1 unspecified atom stereocenters. The van der Waals surface area contributed by atoms with Gasteiger partial charge in [-0.05, 0) is 19.8 Å². The summed E-state index contributed by atoms with van der Waals surface area (Å²) in [5, 5.41) is 0. The van der Waals surface area contributed by atoms with Crippen LogP contribution in [0.4, 0.5) is 0 Å². The molecule has 0 aromatic carbocycles. The molecule has 0 bridgehead atoms. The monoisotopic (exact) mass is 169 g/mol. The van der Waals surface area contributed by atoms with E-state index in [-0.39, 0.29) is 6.04 Å². The molecule has 0 aromatic rings. The van der Waals surface area contributed by atoms with E-state index >= 15 is 0 Å². The fourth-order valence-corrected chi connectivity index (χ4v) is 0.845. The minimum absolute atomic E-state index is 0.150. The van der Waals surface area contributed by atoms with E-state index in [1.807, 2.05) is 6.92 Å². The van der Waals surface area contributed by atoms with Gasteiger partial charge in [-0.2, -0.15) is 0 Å². The smallest absolute Gasteiger partial charge is 0.0617 e. The van der Waals surface area contributed by atoms with Crippen molar-refractivity contribution in [1.29, 1.82) is 0 Å². The van der Waals surface area contributed by atoms with Crippen molar-refractivity contribution in [3.05, 3.63) is 0 Å². The molecule has 2 N–H and O–H groups in total. The molecule has 0 aliphatic heterocycles. The van der Waals surface area contributed by atoms with Crippen LogP contribution in [0.5, 0.6) is 0 Å². The highest BCUT2D eigenvalue weighted by Crippen LogP contribution is 1.94. The van der Waals surface area contributed by atoms with Gasteiger partial charge in [0.15, 0.2) is 0 Å². The Kier molecular flexibility index (Phi) is 8.20. The lowest BCUT2D eigenvalue weighted by Gasteiger charge is -2.09. The molecule has 2 nitrogen and oxygen atoms in total. The quantitative estimate of drug-likeness (QED) is 0.483. The zero-order chi connectivity index (χ0) is 9.23. The Morgan fingerprint density at radius 3 is 2.83 bits per heavy atom. The molecular formula is C10H19NO. The molecule has 0 aliphatic carbocycles. The number of nitrogens with two attached hydrogens (primary N) is 1. The minimum Gasteiger partial charge on any atom is -0.380 e. The third kappa shape index (κ3) is 7.59. The maximum atomic E-state index is 5.76. The molecule has 0 saturated carbocycles.